The van der Waals surface area contributed by atoms with Gasteiger partial charge in [0.05, 0.1) is 28.3 Å². The van der Waals surface area contributed by atoms with Gasteiger partial charge in [-0.15, -0.1) is 0 Å². The number of benzene rings is 3. The molecule has 0 fully saturated rings. The van der Waals surface area contributed by atoms with Gasteiger partial charge in [0.1, 0.15) is 5.75 Å². The van der Waals surface area contributed by atoms with Crippen LogP contribution in [0.2, 0.25) is 0 Å². The summed E-state index contributed by atoms with van der Waals surface area (Å²) in [6.07, 6.45) is 0. The smallest absolute Gasteiger partial charge is 0.261 e. The summed E-state index contributed by atoms with van der Waals surface area (Å²) in [7, 11) is -6.50. The largest absolute Gasteiger partial charge is 0.497 e. The Morgan fingerprint density at radius 1 is 0.618 bits per heavy atom. The Kier molecular flexibility index (Phi) is 7.57. The molecule has 0 bridgehead atoms. The van der Waals surface area contributed by atoms with Crippen LogP contribution in [0.1, 0.15) is 50.7 Å². The fraction of sp³-hybridized carbons (Fsp3) is 0.280. The van der Waals surface area contributed by atoms with Crippen molar-refractivity contribution in [3.63, 3.8) is 0 Å². The fourth-order valence-electron chi connectivity index (χ4n) is 3.29. The number of sulfonamides is 2. The minimum Gasteiger partial charge on any atom is -0.497 e. The molecule has 3 aromatic carbocycles. The van der Waals surface area contributed by atoms with Crippen LogP contribution >= 0.6 is 0 Å². The lowest BCUT2D eigenvalue weighted by molar-refractivity contribution is 0.415. The molecule has 0 spiro atoms. The van der Waals surface area contributed by atoms with Gasteiger partial charge in [0.2, 0.25) is 0 Å². The van der Waals surface area contributed by atoms with E-state index < -0.39 is 20.0 Å². The average molecular weight is 503 g/mol. The molecule has 3 rings (SSSR count). The van der Waals surface area contributed by atoms with Gasteiger partial charge in [0.15, 0.2) is 0 Å². The number of methoxy groups -OCH3 is 1. The number of nitrogens with one attached hydrogen (secondary N) is 2. The highest BCUT2D eigenvalue weighted by Gasteiger charge is 2.21. The first-order valence-electron chi connectivity index (χ1n) is 10.9. The maximum absolute atomic E-state index is 13.0. The van der Waals surface area contributed by atoms with E-state index in [4.69, 9.17) is 4.74 Å². The molecule has 182 valence electrons. The highest BCUT2D eigenvalue weighted by Crippen LogP contribution is 2.31. The molecule has 2 N–H and O–H groups in total. The number of hydrogen-bond acceptors (Lipinski definition) is 5. The Morgan fingerprint density at radius 2 is 1.03 bits per heavy atom. The summed E-state index contributed by atoms with van der Waals surface area (Å²) in [4.78, 5) is 0.142. The third-order valence-electron chi connectivity index (χ3n) is 5.43. The van der Waals surface area contributed by atoms with Crippen molar-refractivity contribution in [3.05, 3.63) is 77.9 Å². The number of anilines is 2. The van der Waals surface area contributed by atoms with Crippen molar-refractivity contribution in [2.75, 3.05) is 16.6 Å². The van der Waals surface area contributed by atoms with E-state index >= 15 is 0 Å². The predicted molar refractivity (Wildman–Crippen MR) is 136 cm³/mol. The van der Waals surface area contributed by atoms with Gasteiger partial charge in [0, 0.05) is 6.07 Å². The van der Waals surface area contributed by atoms with Crippen molar-refractivity contribution < 1.29 is 21.6 Å². The first-order chi connectivity index (χ1) is 15.9. The van der Waals surface area contributed by atoms with Crippen molar-refractivity contribution >= 4 is 31.4 Å². The highest BCUT2D eigenvalue weighted by molar-refractivity contribution is 7.93. The standard InChI is InChI=1S/C25H30N2O5S2/c1-17(2)19-6-11-22(12-7-19)33(28,29)26-24-15-10-21(32-5)16-25(24)27-34(30,31)23-13-8-20(9-14-23)18(3)4/h6-18,26-27H,1-5H3. The second-order valence-corrected chi connectivity index (χ2v) is 11.9. The van der Waals surface area contributed by atoms with Gasteiger partial charge >= 0.3 is 0 Å². The zero-order chi connectivity index (χ0) is 25.1. The van der Waals surface area contributed by atoms with Crippen LogP contribution in [0, 0.1) is 0 Å². The van der Waals surface area contributed by atoms with Crippen molar-refractivity contribution in [1.82, 2.24) is 0 Å². The summed E-state index contributed by atoms with van der Waals surface area (Å²) < 4.78 is 62.3. The molecule has 3 aromatic rings. The zero-order valence-electron chi connectivity index (χ0n) is 19.9. The van der Waals surface area contributed by atoms with Crippen LogP contribution in [0.4, 0.5) is 11.4 Å². The van der Waals surface area contributed by atoms with Crippen molar-refractivity contribution in [3.8, 4) is 5.75 Å². The minimum absolute atomic E-state index is 0.0506. The number of rotatable bonds is 9. The SMILES string of the molecule is COc1ccc(NS(=O)(=O)c2ccc(C(C)C)cc2)c(NS(=O)(=O)c2ccc(C(C)C)cc2)c1. The van der Waals surface area contributed by atoms with Crippen molar-refractivity contribution in [1.29, 1.82) is 0 Å². The topological polar surface area (TPSA) is 102 Å². The van der Waals surface area contributed by atoms with Gasteiger partial charge in [-0.25, -0.2) is 16.8 Å². The van der Waals surface area contributed by atoms with Crippen LogP contribution in [0.15, 0.2) is 76.5 Å². The Balaban J connectivity index is 1.94. The fourth-order valence-corrected chi connectivity index (χ4v) is 5.45. The molecule has 34 heavy (non-hydrogen) atoms. The van der Waals surface area contributed by atoms with E-state index in [1.165, 1.54) is 43.5 Å². The van der Waals surface area contributed by atoms with Crippen LogP contribution in [0.3, 0.4) is 0 Å². The summed E-state index contributed by atoms with van der Waals surface area (Å²) >= 11 is 0. The Morgan fingerprint density at radius 3 is 1.41 bits per heavy atom. The van der Waals surface area contributed by atoms with E-state index in [2.05, 4.69) is 9.44 Å². The maximum Gasteiger partial charge on any atom is 0.261 e. The normalized spacial score (nSPS) is 12.1. The van der Waals surface area contributed by atoms with Crippen molar-refractivity contribution in [2.24, 2.45) is 0 Å². The van der Waals surface area contributed by atoms with Crippen LogP contribution < -0.4 is 14.2 Å². The van der Waals surface area contributed by atoms with Gasteiger partial charge in [-0.3, -0.25) is 9.44 Å². The molecular weight excluding hydrogens is 472 g/mol. The summed E-state index contributed by atoms with van der Waals surface area (Å²) in [6, 6.07) is 17.6. The van der Waals surface area contributed by atoms with Gasteiger partial charge < -0.3 is 4.74 Å². The quantitative estimate of drug-likeness (QED) is 0.400. The second-order valence-electron chi connectivity index (χ2n) is 8.57. The van der Waals surface area contributed by atoms with E-state index in [0.717, 1.165) is 11.1 Å². The second kappa shape index (κ2) is 10.1. The molecule has 0 aliphatic rings. The van der Waals surface area contributed by atoms with Gasteiger partial charge in [0.25, 0.3) is 20.0 Å². The molecule has 0 radical (unpaired) electrons. The monoisotopic (exact) mass is 502 g/mol. The Bertz CT molecular complexity index is 1350. The van der Waals surface area contributed by atoms with E-state index in [1.54, 1.807) is 30.3 Å². The third kappa shape index (κ3) is 5.90. The van der Waals surface area contributed by atoms with Crippen LogP contribution in [0.5, 0.6) is 5.75 Å². The molecule has 0 aliphatic carbocycles. The van der Waals surface area contributed by atoms with Crippen molar-refractivity contribution in [2.45, 2.75) is 49.3 Å². The minimum atomic E-state index is -3.98. The first-order valence-corrected chi connectivity index (χ1v) is 13.8. The van der Waals surface area contributed by atoms with Crippen LogP contribution in [-0.4, -0.2) is 23.9 Å². The summed E-state index contributed by atoms with van der Waals surface area (Å²) in [5.74, 6) is 0.901. The summed E-state index contributed by atoms with van der Waals surface area (Å²) in [5, 5.41) is 0. The highest BCUT2D eigenvalue weighted by atomic mass is 32.2. The van der Waals surface area contributed by atoms with E-state index in [0.29, 0.717) is 5.75 Å². The molecule has 0 aromatic heterocycles. The first kappa shape index (κ1) is 25.6. The molecule has 0 aliphatic heterocycles. The molecule has 9 heteroatoms. The van der Waals surface area contributed by atoms with E-state index in [-0.39, 0.29) is 33.0 Å². The molecule has 7 nitrogen and oxygen atoms in total. The molecule has 0 saturated heterocycles. The average Bonchev–Trinajstić information content (AvgIpc) is 2.80. The predicted octanol–water partition coefficient (Wildman–Crippen LogP) is 5.54. The lowest BCUT2D eigenvalue weighted by atomic mass is 10.0. The number of hydrogen-bond donors (Lipinski definition) is 2. The molecule has 0 atom stereocenters. The van der Waals surface area contributed by atoms with Gasteiger partial charge in [-0.1, -0.05) is 52.0 Å². The van der Waals surface area contributed by atoms with E-state index in [9.17, 15) is 16.8 Å². The van der Waals surface area contributed by atoms with Gasteiger partial charge in [-0.2, -0.15) is 0 Å². The van der Waals surface area contributed by atoms with Crippen LogP contribution in [0.25, 0.3) is 0 Å². The van der Waals surface area contributed by atoms with Crippen LogP contribution in [-0.2, 0) is 20.0 Å². The Labute approximate surface area is 202 Å². The molecular formula is C25H30N2O5S2. The maximum atomic E-state index is 13.0. The lowest BCUT2D eigenvalue weighted by Gasteiger charge is -2.16. The molecule has 0 amide bonds. The molecule has 0 heterocycles. The summed E-state index contributed by atoms with van der Waals surface area (Å²) in [5.41, 5.74) is 2.16. The molecule has 0 saturated carbocycles. The Hall–Kier alpha value is -3.04. The zero-order valence-corrected chi connectivity index (χ0v) is 21.5. The number of ether oxygens (including phenoxy) is 1. The third-order valence-corrected chi connectivity index (χ3v) is 8.19. The summed E-state index contributed by atoms with van der Waals surface area (Å²) in [6.45, 7) is 8.08. The van der Waals surface area contributed by atoms with E-state index in [1.807, 2.05) is 27.7 Å². The lowest BCUT2D eigenvalue weighted by Crippen LogP contribution is -2.18. The molecule has 0 unspecified atom stereocenters. The van der Waals surface area contributed by atoms with Gasteiger partial charge in [-0.05, 0) is 59.4 Å².